The first-order chi connectivity index (χ1) is 9.22. The maximum absolute atomic E-state index is 10.4. The number of benzene rings is 1. The number of fused-ring (bicyclic) bond motifs is 1. The lowest BCUT2D eigenvalue weighted by Crippen LogP contribution is -2.21. The summed E-state index contributed by atoms with van der Waals surface area (Å²) >= 11 is 0. The minimum absolute atomic E-state index is 0.215. The van der Waals surface area contributed by atoms with Crippen LogP contribution < -0.4 is 0 Å². The second-order valence-electron chi connectivity index (χ2n) is 5.57. The van der Waals surface area contributed by atoms with Crippen molar-refractivity contribution in [3.05, 3.63) is 53.3 Å². The Morgan fingerprint density at radius 3 is 2.58 bits per heavy atom. The molecule has 1 unspecified atom stereocenters. The van der Waals surface area contributed by atoms with E-state index >= 15 is 0 Å². The van der Waals surface area contributed by atoms with Gasteiger partial charge in [-0.1, -0.05) is 24.3 Å². The number of aliphatic hydroxyl groups is 1. The molecule has 1 aromatic heterocycles. The van der Waals surface area contributed by atoms with E-state index in [9.17, 15) is 5.11 Å². The number of rotatable bonds is 4. The molecule has 0 fully saturated rings. The van der Waals surface area contributed by atoms with E-state index in [-0.39, 0.29) is 6.10 Å². The van der Waals surface area contributed by atoms with Gasteiger partial charge in [-0.15, -0.1) is 0 Å². The van der Waals surface area contributed by atoms with Crippen molar-refractivity contribution >= 4 is 0 Å². The zero-order valence-corrected chi connectivity index (χ0v) is 11.3. The van der Waals surface area contributed by atoms with Crippen molar-refractivity contribution in [2.75, 3.05) is 0 Å². The van der Waals surface area contributed by atoms with Gasteiger partial charge in [0.15, 0.2) is 0 Å². The molecule has 3 nitrogen and oxygen atoms in total. The smallest absolute Gasteiger partial charge is 0.0578 e. The molecule has 2 aromatic rings. The second-order valence-corrected chi connectivity index (χ2v) is 5.57. The van der Waals surface area contributed by atoms with Crippen LogP contribution in [0.25, 0.3) is 0 Å². The monoisotopic (exact) mass is 256 g/mol. The fraction of sp³-hybridized carbons (Fsp3) is 0.438. The number of hydrogen-bond acceptors (Lipinski definition) is 2. The summed E-state index contributed by atoms with van der Waals surface area (Å²) in [5.74, 6) is 0.383. The molecule has 1 atom stereocenters. The molecule has 0 spiro atoms. The van der Waals surface area contributed by atoms with Crippen LogP contribution in [0.2, 0.25) is 0 Å². The van der Waals surface area contributed by atoms with Crippen LogP contribution in [-0.4, -0.2) is 21.0 Å². The van der Waals surface area contributed by atoms with Crippen LogP contribution in [0.15, 0.2) is 36.7 Å². The van der Waals surface area contributed by atoms with E-state index < -0.39 is 0 Å². The lowest BCUT2D eigenvalue weighted by Gasteiger charge is -2.17. The average molecular weight is 256 g/mol. The first-order valence-electron chi connectivity index (χ1n) is 6.95. The average Bonchev–Trinajstić information content (AvgIpc) is 3.01. The van der Waals surface area contributed by atoms with Gasteiger partial charge in [-0.25, -0.2) is 0 Å². The Bertz CT molecular complexity index is 536. The number of aryl methyl sites for hydroxylation is 2. The molecule has 1 heterocycles. The van der Waals surface area contributed by atoms with Crippen molar-refractivity contribution in [1.82, 2.24) is 9.78 Å². The summed E-state index contributed by atoms with van der Waals surface area (Å²) in [6.45, 7) is 0. The van der Waals surface area contributed by atoms with Crippen LogP contribution in [-0.2, 0) is 26.3 Å². The third-order valence-electron chi connectivity index (χ3n) is 4.11. The SMILES string of the molecule is Cn1cc(CCC(O)C2Cc3ccccc3C2)cn1. The van der Waals surface area contributed by atoms with Crippen molar-refractivity contribution in [3.8, 4) is 0 Å². The lowest BCUT2D eigenvalue weighted by molar-refractivity contribution is 0.104. The molecule has 1 aliphatic carbocycles. The van der Waals surface area contributed by atoms with Gasteiger partial charge in [0.1, 0.15) is 0 Å². The number of aliphatic hydroxyl groups excluding tert-OH is 1. The van der Waals surface area contributed by atoms with Gasteiger partial charge in [-0.05, 0) is 48.3 Å². The summed E-state index contributed by atoms with van der Waals surface area (Å²) < 4.78 is 1.81. The summed E-state index contributed by atoms with van der Waals surface area (Å²) in [4.78, 5) is 0. The van der Waals surface area contributed by atoms with Crippen LogP contribution in [0, 0.1) is 5.92 Å². The molecule has 0 saturated carbocycles. The molecule has 0 amide bonds. The molecule has 1 aliphatic rings. The zero-order chi connectivity index (χ0) is 13.2. The first-order valence-corrected chi connectivity index (χ1v) is 6.95. The molecular formula is C16H20N2O. The van der Waals surface area contributed by atoms with Gasteiger partial charge >= 0.3 is 0 Å². The van der Waals surface area contributed by atoms with Crippen LogP contribution in [0.1, 0.15) is 23.1 Å². The Balaban J connectivity index is 1.56. The normalized spacial score (nSPS) is 16.5. The molecule has 0 aliphatic heterocycles. The van der Waals surface area contributed by atoms with Crippen molar-refractivity contribution in [3.63, 3.8) is 0 Å². The van der Waals surface area contributed by atoms with Crippen molar-refractivity contribution in [2.24, 2.45) is 13.0 Å². The zero-order valence-electron chi connectivity index (χ0n) is 11.3. The van der Waals surface area contributed by atoms with Crippen LogP contribution >= 0.6 is 0 Å². The quantitative estimate of drug-likeness (QED) is 0.910. The minimum Gasteiger partial charge on any atom is -0.393 e. The predicted octanol–water partition coefficient (Wildman–Crippen LogP) is 2.13. The van der Waals surface area contributed by atoms with Crippen molar-refractivity contribution in [1.29, 1.82) is 0 Å². The first kappa shape index (κ1) is 12.4. The molecular weight excluding hydrogens is 236 g/mol. The summed E-state index contributed by atoms with van der Waals surface area (Å²) in [6.07, 6.45) is 7.46. The maximum Gasteiger partial charge on any atom is 0.0578 e. The van der Waals surface area contributed by atoms with Gasteiger partial charge in [-0.3, -0.25) is 4.68 Å². The molecule has 3 heteroatoms. The topological polar surface area (TPSA) is 38.0 Å². The molecule has 1 aromatic carbocycles. The van der Waals surface area contributed by atoms with Crippen LogP contribution in [0.5, 0.6) is 0 Å². The van der Waals surface area contributed by atoms with E-state index in [2.05, 4.69) is 29.4 Å². The standard InChI is InChI=1S/C16H20N2O/c1-18-11-12(10-17-18)6-7-16(19)15-8-13-4-2-3-5-14(13)9-15/h2-5,10-11,15-16,19H,6-9H2,1H3. The van der Waals surface area contributed by atoms with Gasteiger partial charge in [0.05, 0.1) is 12.3 Å². The van der Waals surface area contributed by atoms with E-state index in [4.69, 9.17) is 0 Å². The summed E-state index contributed by atoms with van der Waals surface area (Å²) in [5, 5.41) is 14.5. The van der Waals surface area contributed by atoms with E-state index in [0.717, 1.165) is 25.7 Å². The largest absolute Gasteiger partial charge is 0.393 e. The summed E-state index contributed by atoms with van der Waals surface area (Å²) in [7, 11) is 1.92. The Morgan fingerprint density at radius 2 is 2.00 bits per heavy atom. The fourth-order valence-corrected chi connectivity index (χ4v) is 3.02. The highest BCUT2D eigenvalue weighted by Gasteiger charge is 2.26. The van der Waals surface area contributed by atoms with E-state index in [1.807, 2.05) is 24.1 Å². The van der Waals surface area contributed by atoms with Gasteiger partial charge < -0.3 is 5.11 Å². The maximum atomic E-state index is 10.4. The Morgan fingerprint density at radius 1 is 1.32 bits per heavy atom. The lowest BCUT2D eigenvalue weighted by atomic mass is 9.94. The second kappa shape index (κ2) is 5.17. The molecule has 0 bridgehead atoms. The number of nitrogens with zero attached hydrogens (tertiary/aromatic N) is 2. The molecule has 100 valence electrons. The van der Waals surface area contributed by atoms with Gasteiger partial charge in [0.25, 0.3) is 0 Å². The molecule has 0 radical (unpaired) electrons. The van der Waals surface area contributed by atoms with Gasteiger partial charge in [0, 0.05) is 13.2 Å². The Hall–Kier alpha value is -1.61. The highest BCUT2D eigenvalue weighted by molar-refractivity contribution is 5.32. The summed E-state index contributed by atoms with van der Waals surface area (Å²) in [5.41, 5.74) is 4.03. The highest BCUT2D eigenvalue weighted by atomic mass is 16.3. The summed E-state index contributed by atoms with van der Waals surface area (Å²) in [6, 6.07) is 8.54. The predicted molar refractivity (Wildman–Crippen MR) is 74.9 cm³/mol. The molecule has 0 saturated heterocycles. The van der Waals surface area contributed by atoms with E-state index in [1.165, 1.54) is 16.7 Å². The molecule has 19 heavy (non-hydrogen) atoms. The van der Waals surface area contributed by atoms with E-state index in [1.54, 1.807) is 0 Å². The molecule has 1 N–H and O–H groups in total. The van der Waals surface area contributed by atoms with Gasteiger partial charge in [-0.2, -0.15) is 5.10 Å². The van der Waals surface area contributed by atoms with E-state index in [0.29, 0.717) is 5.92 Å². The van der Waals surface area contributed by atoms with Crippen LogP contribution in [0.3, 0.4) is 0 Å². The third kappa shape index (κ3) is 2.71. The third-order valence-corrected chi connectivity index (χ3v) is 4.11. The Kier molecular flexibility index (Phi) is 3.38. The highest BCUT2D eigenvalue weighted by Crippen LogP contribution is 2.30. The molecule has 3 rings (SSSR count). The fourth-order valence-electron chi connectivity index (χ4n) is 3.02. The van der Waals surface area contributed by atoms with Gasteiger partial charge in [0.2, 0.25) is 0 Å². The number of aromatic nitrogens is 2. The minimum atomic E-state index is -0.215. The van der Waals surface area contributed by atoms with Crippen molar-refractivity contribution in [2.45, 2.75) is 31.8 Å². The number of hydrogen-bond donors (Lipinski definition) is 1. The Labute approximate surface area is 113 Å². The van der Waals surface area contributed by atoms with Crippen molar-refractivity contribution < 1.29 is 5.11 Å². The van der Waals surface area contributed by atoms with Crippen LogP contribution in [0.4, 0.5) is 0 Å².